The molecule has 1 atom stereocenters. The average Bonchev–Trinajstić information content (AvgIpc) is 2.12. The van der Waals surface area contributed by atoms with E-state index in [1.165, 1.54) is 0 Å². The summed E-state index contributed by atoms with van der Waals surface area (Å²) in [5.41, 5.74) is -3.21. The maximum Gasteiger partial charge on any atom is 1.00 e. The van der Waals surface area contributed by atoms with Crippen LogP contribution in [0.4, 0.5) is 0 Å². The number of carbonyl (C=O) groups is 3. The van der Waals surface area contributed by atoms with Gasteiger partial charge in [0.15, 0.2) is 5.60 Å². The van der Waals surface area contributed by atoms with Gasteiger partial charge in [0.2, 0.25) is 0 Å². The Morgan fingerprint density at radius 3 is 1.61 bits per heavy atom. The van der Waals surface area contributed by atoms with E-state index in [1.54, 1.807) is 0 Å². The minimum absolute atomic E-state index is 0. The molecular formula is C7H7Na3O8. The van der Waals surface area contributed by atoms with E-state index >= 15 is 0 Å². The number of carbonyl (C=O) groups excluding carboxylic acids is 3. The molecule has 1 unspecified atom stereocenters. The van der Waals surface area contributed by atoms with Gasteiger partial charge in [-0.15, -0.1) is 0 Å². The molecule has 0 saturated heterocycles. The molecular weight excluding hydrogens is 281 g/mol. The fraction of sp³-hybridized carbons (Fsp3) is 0.571. The van der Waals surface area contributed by atoms with Gasteiger partial charge in [0.05, 0.1) is 30.6 Å². The van der Waals surface area contributed by atoms with Gasteiger partial charge in [-0.2, -0.15) is 0 Å². The Balaban J connectivity index is -0.000000327. The van der Waals surface area contributed by atoms with Crippen molar-refractivity contribution in [2.24, 2.45) is 0 Å². The molecule has 0 bridgehead atoms. The second-order valence-corrected chi connectivity index (χ2v) is 2.64. The van der Waals surface area contributed by atoms with Crippen LogP contribution < -0.4 is 104 Å². The molecule has 1 N–H and O–H groups in total. The van der Waals surface area contributed by atoms with Crippen molar-refractivity contribution in [2.75, 3.05) is 6.61 Å². The molecule has 0 spiro atoms. The minimum atomic E-state index is -3.21. The van der Waals surface area contributed by atoms with E-state index in [0.29, 0.717) is 0 Å². The number of hydrogen-bond donors (Lipinski definition) is 1. The summed E-state index contributed by atoms with van der Waals surface area (Å²) in [7, 11) is 0. The minimum Gasteiger partial charge on any atom is -0.547 e. The van der Waals surface area contributed by atoms with Crippen molar-refractivity contribution < 1.29 is 128 Å². The summed E-state index contributed by atoms with van der Waals surface area (Å²) in [6.07, 6.45) is -1.85. The SMILES string of the molecule is CC(OC(CO)(C(=O)[O-])C(=O)[O-])C(=O)[O-].[Na+].[Na+].[Na+]. The number of hydrogen-bond acceptors (Lipinski definition) is 8. The number of carboxylic acids is 3. The van der Waals surface area contributed by atoms with E-state index in [9.17, 15) is 29.7 Å². The molecule has 8 nitrogen and oxygen atoms in total. The summed E-state index contributed by atoms with van der Waals surface area (Å²) in [4.78, 5) is 31.0. The van der Waals surface area contributed by atoms with Crippen LogP contribution in [0.1, 0.15) is 6.92 Å². The Morgan fingerprint density at radius 2 is 1.44 bits per heavy atom. The van der Waals surface area contributed by atoms with Gasteiger partial charge in [0.25, 0.3) is 0 Å². The third kappa shape index (κ3) is 7.20. The number of aliphatic hydroxyl groups is 1. The van der Waals surface area contributed by atoms with Crippen molar-refractivity contribution >= 4 is 17.9 Å². The molecule has 0 aromatic heterocycles. The Hall–Kier alpha value is 1.33. The first-order valence-electron chi connectivity index (χ1n) is 3.70. The van der Waals surface area contributed by atoms with Crippen LogP contribution in [-0.4, -0.2) is 41.3 Å². The van der Waals surface area contributed by atoms with Crippen LogP contribution in [0.2, 0.25) is 0 Å². The summed E-state index contributed by atoms with van der Waals surface area (Å²) < 4.78 is 4.14. The number of rotatable bonds is 6. The fourth-order valence-electron chi connectivity index (χ4n) is 0.696. The van der Waals surface area contributed by atoms with Crippen LogP contribution in [0.3, 0.4) is 0 Å². The van der Waals surface area contributed by atoms with Gasteiger partial charge in [-0.3, -0.25) is 0 Å². The van der Waals surface area contributed by atoms with Crippen LogP contribution >= 0.6 is 0 Å². The van der Waals surface area contributed by atoms with Crippen LogP contribution in [0.5, 0.6) is 0 Å². The Morgan fingerprint density at radius 1 is 1.11 bits per heavy atom. The Kier molecular flexibility index (Phi) is 18.6. The number of carboxylic acid groups (broad SMARTS) is 3. The summed E-state index contributed by atoms with van der Waals surface area (Å²) in [5.74, 6) is -6.45. The van der Waals surface area contributed by atoms with Crippen molar-refractivity contribution in [3.8, 4) is 0 Å². The first-order chi connectivity index (χ1) is 6.77. The molecule has 0 aliphatic heterocycles. The van der Waals surface area contributed by atoms with Gasteiger partial charge in [0.1, 0.15) is 0 Å². The largest absolute Gasteiger partial charge is 1.00 e. The van der Waals surface area contributed by atoms with E-state index in [0.717, 1.165) is 6.92 Å². The van der Waals surface area contributed by atoms with E-state index in [2.05, 4.69) is 4.74 Å². The summed E-state index contributed by atoms with van der Waals surface area (Å²) in [6.45, 7) is -0.680. The van der Waals surface area contributed by atoms with Gasteiger partial charge in [0, 0.05) is 0 Å². The molecule has 0 rings (SSSR count). The predicted octanol–water partition coefficient (Wildman–Crippen LogP) is -14.6. The maximum absolute atomic E-state index is 10.4. The second kappa shape index (κ2) is 12.1. The van der Waals surface area contributed by atoms with Crippen molar-refractivity contribution in [1.82, 2.24) is 0 Å². The van der Waals surface area contributed by atoms with Crippen molar-refractivity contribution in [3.63, 3.8) is 0 Å². The molecule has 0 amide bonds. The molecule has 0 aromatic carbocycles. The molecule has 0 aromatic rings. The van der Waals surface area contributed by atoms with Crippen molar-refractivity contribution in [3.05, 3.63) is 0 Å². The van der Waals surface area contributed by atoms with Crippen molar-refractivity contribution in [2.45, 2.75) is 18.6 Å². The summed E-state index contributed by atoms with van der Waals surface area (Å²) in [6, 6.07) is 0. The zero-order chi connectivity index (χ0) is 12.2. The van der Waals surface area contributed by atoms with Crippen LogP contribution in [-0.2, 0) is 19.1 Å². The van der Waals surface area contributed by atoms with Gasteiger partial charge >= 0.3 is 88.7 Å². The third-order valence-corrected chi connectivity index (χ3v) is 1.59. The smallest absolute Gasteiger partial charge is 0.547 e. The maximum atomic E-state index is 10.4. The standard InChI is InChI=1S/C7H10O8.3Na/c1-3(4(9)10)15-7(2-8,5(11)12)6(13)14;;;/h3,8H,2H2,1H3,(H,9,10)(H,11,12)(H,13,14);;;/q;3*+1/p-3. The quantitative estimate of drug-likeness (QED) is 0.374. The van der Waals surface area contributed by atoms with Gasteiger partial charge < -0.3 is 39.5 Å². The molecule has 0 saturated carbocycles. The van der Waals surface area contributed by atoms with E-state index in [-0.39, 0.29) is 88.7 Å². The molecule has 0 heterocycles. The monoisotopic (exact) mass is 288 g/mol. The van der Waals surface area contributed by atoms with E-state index in [1.807, 2.05) is 0 Å². The third-order valence-electron chi connectivity index (χ3n) is 1.59. The molecule has 0 fully saturated rings. The zero-order valence-corrected chi connectivity index (χ0v) is 16.6. The number of ether oxygens (including phenoxy) is 1. The molecule has 0 aliphatic carbocycles. The first kappa shape index (κ1) is 27.6. The van der Waals surface area contributed by atoms with Gasteiger partial charge in [-0.25, -0.2) is 0 Å². The topological polar surface area (TPSA) is 150 Å². The van der Waals surface area contributed by atoms with Crippen LogP contribution in [0.25, 0.3) is 0 Å². The molecule has 11 heteroatoms. The summed E-state index contributed by atoms with van der Waals surface area (Å²) in [5, 5.41) is 39.6. The van der Waals surface area contributed by atoms with Crippen LogP contribution in [0.15, 0.2) is 0 Å². The molecule has 0 aliphatic rings. The fourth-order valence-corrected chi connectivity index (χ4v) is 0.696. The van der Waals surface area contributed by atoms with Gasteiger partial charge in [-0.1, -0.05) is 0 Å². The van der Waals surface area contributed by atoms with Crippen LogP contribution in [0, 0.1) is 0 Å². The molecule has 0 radical (unpaired) electrons. The molecule has 86 valence electrons. The predicted molar refractivity (Wildman–Crippen MR) is 35.4 cm³/mol. The van der Waals surface area contributed by atoms with Crippen molar-refractivity contribution in [1.29, 1.82) is 0 Å². The van der Waals surface area contributed by atoms with Gasteiger partial charge in [-0.05, 0) is 6.92 Å². The summed E-state index contributed by atoms with van der Waals surface area (Å²) >= 11 is 0. The number of aliphatic carboxylic acids is 3. The second-order valence-electron chi connectivity index (χ2n) is 2.64. The zero-order valence-electron chi connectivity index (χ0n) is 10.6. The van der Waals surface area contributed by atoms with E-state index < -0.39 is 36.2 Å². The first-order valence-corrected chi connectivity index (χ1v) is 3.70. The van der Waals surface area contributed by atoms with E-state index in [4.69, 9.17) is 5.11 Å². The molecule has 18 heavy (non-hydrogen) atoms. The normalized spacial score (nSPS) is 11.0. The number of aliphatic hydroxyl groups excluding tert-OH is 1. The average molecular weight is 288 g/mol. The Bertz CT molecular complexity index is 280. The Labute approximate surface area is 169 Å².